The van der Waals surface area contributed by atoms with Gasteiger partial charge in [-0.15, -0.1) is 0 Å². The summed E-state index contributed by atoms with van der Waals surface area (Å²) in [6.45, 7) is 2.96. The molecule has 0 amide bonds. The molecule has 0 unspecified atom stereocenters. The highest BCUT2D eigenvalue weighted by atomic mass is 19.1. The molecule has 2 aromatic carbocycles. The molecule has 144 valence electrons. The molecule has 0 N–H and O–H groups in total. The van der Waals surface area contributed by atoms with Gasteiger partial charge in [0.1, 0.15) is 5.82 Å². The molecular formula is C23H23FN2O2. The molecule has 0 bridgehead atoms. The number of fused-ring (bicyclic) bond motifs is 2. The Labute approximate surface area is 163 Å². The van der Waals surface area contributed by atoms with E-state index in [-0.39, 0.29) is 11.6 Å². The molecule has 1 aliphatic heterocycles. The molecule has 0 saturated carbocycles. The summed E-state index contributed by atoms with van der Waals surface area (Å²) in [6.07, 6.45) is 3.66. The molecule has 2 aliphatic rings. The van der Waals surface area contributed by atoms with Crippen molar-refractivity contribution in [2.75, 3.05) is 19.6 Å². The Kier molecular flexibility index (Phi) is 4.47. The lowest BCUT2D eigenvalue weighted by Gasteiger charge is -2.35. The van der Waals surface area contributed by atoms with Crippen LogP contribution in [0, 0.1) is 11.7 Å². The Morgan fingerprint density at radius 2 is 1.93 bits per heavy atom. The average molecular weight is 378 g/mol. The first-order chi connectivity index (χ1) is 13.7. The van der Waals surface area contributed by atoms with Crippen molar-refractivity contribution in [3.8, 4) is 0 Å². The number of nitrogens with zero attached hydrogens (tertiary/aromatic N) is 2. The van der Waals surface area contributed by atoms with Crippen LogP contribution in [0.5, 0.6) is 0 Å². The summed E-state index contributed by atoms with van der Waals surface area (Å²) in [5.41, 5.74) is 3.58. The maximum atomic E-state index is 13.4. The van der Waals surface area contributed by atoms with Gasteiger partial charge >= 0.3 is 0 Å². The van der Waals surface area contributed by atoms with Crippen LogP contribution in [0.4, 0.5) is 4.39 Å². The van der Waals surface area contributed by atoms with Gasteiger partial charge in [-0.2, -0.15) is 0 Å². The summed E-state index contributed by atoms with van der Waals surface area (Å²) >= 11 is 0. The maximum Gasteiger partial charge on any atom is 0.170 e. The number of likely N-dealkylation sites (tertiary alicyclic amines) is 1. The molecule has 1 atom stereocenters. The fourth-order valence-electron chi connectivity index (χ4n) is 4.83. The predicted molar refractivity (Wildman–Crippen MR) is 105 cm³/mol. The van der Waals surface area contributed by atoms with Crippen LogP contribution >= 0.6 is 0 Å². The first-order valence-electron chi connectivity index (χ1n) is 10.1. The van der Waals surface area contributed by atoms with Gasteiger partial charge in [-0.25, -0.2) is 4.39 Å². The topological polar surface area (TPSA) is 46.3 Å². The highest BCUT2D eigenvalue weighted by Gasteiger charge is 2.29. The summed E-state index contributed by atoms with van der Waals surface area (Å²) in [6, 6.07) is 12.7. The van der Waals surface area contributed by atoms with E-state index >= 15 is 0 Å². The fraction of sp³-hybridized carbons (Fsp3) is 0.391. The van der Waals surface area contributed by atoms with Crippen LogP contribution in [0.2, 0.25) is 0 Å². The van der Waals surface area contributed by atoms with Gasteiger partial charge in [0.05, 0.1) is 5.69 Å². The quantitative estimate of drug-likeness (QED) is 0.669. The van der Waals surface area contributed by atoms with Crippen LogP contribution in [0.25, 0.3) is 11.0 Å². The Hall–Kier alpha value is -2.53. The molecule has 2 heterocycles. The second kappa shape index (κ2) is 7.13. The number of carbonyl (C=O) groups is 1. The van der Waals surface area contributed by atoms with Crippen LogP contribution in [-0.4, -0.2) is 35.5 Å². The fourth-order valence-corrected chi connectivity index (χ4v) is 4.83. The monoisotopic (exact) mass is 378 g/mol. The Morgan fingerprint density at radius 1 is 1.11 bits per heavy atom. The molecule has 28 heavy (non-hydrogen) atoms. The van der Waals surface area contributed by atoms with Gasteiger partial charge < -0.3 is 9.42 Å². The molecule has 3 aromatic rings. The lowest BCUT2D eigenvalue weighted by atomic mass is 9.82. The van der Waals surface area contributed by atoms with Crippen molar-refractivity contribution < 1.29 is 13.7 Å². The van der Waals surface area contributed by atoms with E-state index in [0.29, 0.717) is 23.8 Å². The summed E-state index contributed by atoms with van der Waals surface area (Å²) in [5.74, 6) is 0.725. The molecule has 5 rings (SSSR count). The minimum Gasteiger partial charge on any atom is -0.356 e. The van der Waals surface area contributed by atoms with Crippen molar-refractivity contribution in [2.45, 2.75) is 31.6 Å². The lowest BCUT2D eigenvalue weighted by molar-refractivity contribution is 0.0921. The number of aromatic nitrogens is 1. The molecule has 0 radical (unpaired) electrons. The number of hydrogen-bond donors (Lipinski definition) is 0. The van der Waals surface area contributed by atoms with E-state index in [4.69, 9.17) is 4.52 Å². The molecule has 1 aromatic heterocycles. The van der Waals surface area contributed by atoms with Gasteiger partial charge in [-0.1, -0.05) is 29.4 Å². The molecule has 1 saturated heterocycles. The number of halogens is 1. The standard InChI is InChI=1S/C23H23FN2O2/c24-18-5-6-20-22(13-18)28-25-23(20)16-7-9-26(10-8-16)14-15-11-17-3-1-2-4-19(17)21(27)12-15/h1-6,13,15-16H,7-12,14H2/t15-/m0/s1. The Bertz CT molecular complexity index is 1020. The number of rotatable bonds is 3. The van der Waals surface area contributed by atoms with Crippen LogP contribution in [0.15, 0.2) is 47.0 Å². The molecule has 1 aliphatic carbocycles. The third kappa shape index (κ3) is 3.24. The highest BCUT2D eigenvalue weighted by molar-refractivity contribution is 5.98. The zero-order valence-electron chi connectivity index (χ0n) is 15.7. The predicted octanol–water partition coefficient (Wildman–Crippen LogP) is 4.59. The lowest BCUT2D eigenvalue weighted by Crippen LogP contribution is -2.38. The van der Waals surface area contributed by atoms with Gasteiger partial charge in [-0.05, 0) is 56.0 Å². The largest absolute Gasteiger partial charge is 0.356 e. The molecule has 0 spiro atoms. The number of Topliss-reactive ketones (excluding diaryl/α,β-unsaturated/α-hetero) is 1. The van der Waals surface area contributed by atoms with E-state index < -0.39 is 0 Å². The Morgan fingerprint density at radius 3 is 2.79 bits per heavy atom. The van der Waals surface area contributed by atoms with Gasteiger partial charge in [0.25, 0.3) is 0 Å². The SMILES string of the molecule is O=C1C[C@@H](CN2CCC(c3noc4cc(F)ccc34)CC2)Cc2ccccc21. The zero-order chi connectivity index (χ0) is 19.1. The minimum atomic E-state index is -0.298. The van der Waals surface area contributed by atoms with Crippen molar-refractivity contribution in [3.63, 3.8) is 0 Å². The van der Waals surface area contributed by atoms with E-state index in [1.807, 2.05) is 18.2 Å². The number of benzene rings is 2. The summed E-state index contributed by atoms with van der Waals surface area (Å²) in [7, 11) is 0. The van der Waals surface area contributed by atoms with Crippen LogP contribution < -0.4 is 0 Å². The molecule has 4 nitrogen and oxygen atoms in total. The van der Waals surface area contributed by atoms with Crippen molar-refractivity contribution in [1.29, 1.82) is 0 Å². The van der Waals surface area contributed by atoms with E-state index in [9.17, 15) is 9.18 Å². The summed E-state index contributed by atoms with van der Waals surface area (Å²) < 4.78 is 18.7. The Balaban J connectivity index is 1.22. The first kappa shape index (κ1) is 17.6. The van der Waals surface area contributed by atoms with E-state index in [0.717, 1.165) is 55.5 Å². The number of ketones is 1. The second-order valence-electron chi connectivity index (χ2n) is 8.14. The number of piperidine rings is 1. The smallest absolute Gasteiger partial charge is 0.170 e. The highest BCUT2D eigenvalue weighted by Crippen LogP contribution is 2.34. The van der Waals surface area contributed by atoms with Gasteiger partial charge in [0.2, 0.25) is 0 Å². The van der Waals surface area contributed by atoms with Crippen molar-refractivity contribution in [3.05, 3.63) is 65.1 Å². The minimum absolute atomic E-state index is 0.281. The third-order valence-electron chi connectivity index (χ3n) is 6.25. The van der Waals surface area contributed by atoms with Crippen LogP contribution in [0.3, 0.4) is 0 Å². The van der Waals surface area contributed by atoms with Crippen LogP contribution in [0.1, 0.15) is 46.8 Å². The van der Waals surface area contributed by atoms with Crippen molar-refractivity contribution in [2.24, 2.45) is 5.92 Å². The van der Waals surface area contributed by atoms with E-state index in [1.54, 1.807) is 6.07 Å². The number of hydrogen-bond acceptors (Lipinski definition) is 4. The third-order valence-corrected chi connectivity index (χ3v) is 6.25. The maximum absolute atomic E-state index is 13.4. The van der Waals surface area contributed by atoms with Gasteiger partial charge in [-0.3, -0.25) is 4.79 Å². The first-order valence-corrected chi connectivity index (χ1v) is 10.1. The van der Waals surface area contributed by atoms with Crippen molar-refractivity contribution >= 4 is 16.8 Å². The second-order valence-corrected chi connectivity index (χ2v) is 8.14. The van der Waals surface area contributed by atoms with Gasteiger partial charge in [0.15, 0.2) is 11.4 Å². The average Bonchev–Trinajstić information content (AvgIpc) is 3.11. The summed E-state index contributed by atoms with van der Waals surface area (Å²) in [5, 5.41) is 5.16. The molecule has 1 fully saturated rings. The normalized spacial score (nSPS) is 21.2. The van der Waals surface area contributed by atoms with Gasteiger partial charge in [0, 0.05) is 35.9 Å². The molecule has 5 heteroatoms. The molecular weight excluding hydrogens is 355 g/mol. The number of carbonyl (C=O) groups excluding carboxylic acids is 1. The van der Waals surface area contributed by atoms with E-state index in [2.05, 4.69) is 16.1 Å². The van der Waals surface area contributed by atoms with E-state index in [1.165, 1.54) is 17.7 Å². The van der Waals surface area contributed by atoms with Crippen molar-refractivity contribution in [1.82, 2.24) is 10.1 Å². The zero-order valence-corrected chi connectivity index (χ0v) is 15.7. The van der Waals surface area contributed by atoms with Crippen LogP contribution in [-0.2, 0) is 6.42 Å². The summed E-state index contributed by atoms with van der Waals surface area (Å²) in [4.78, 5) is 14.9.